The molecular weight excluding hydrogens is 382 g/mol. The number of primary amides is 1. The van der Waals surface area contributed by atoms with E-state index in [1.54, 1.807) is 4.57 Å². The van der Waals surface area contributed by atoms with Gasteiger partial charge in [0.2, 0.25) is 5.91 Å². The second-order valence-electron chi connectivity index (χ2n) is 6.85. The number of hydrogen-bond donors (Lipinski definition) is 1. The second-order valence-corrected chi connectivity index (χ2v) is 7.71. The van der Waals surface area contributed by atoms with E-state index in [-0.39, 0.29) is 18.5 Å². The van der Waals surface area contributed by atoms with E-state index in [0.717, 1.165) is 23.1 Å². The van der Waals surface area contributed by atoms with E-state index < -0.39 is 5.91 Å². The first-order valence-corrected chi connectivity index (χ1v) is 10.4. The van der Waals surface area contributed by atoms with Crippen molar-refractivity contribution in [3.05, 3.63) is 75.9 Å². The van der Waals surface area contributed by atoms with Crippen LogP contribution in [-0.2, 0) is 17.8 Å². The van der Waals surface area contributed by atoms with Crippen molar-refractivity contribution in [1.82, 2.24) is 9.55 Å². The molecule has 2 heterocycles. The van der Waals surface area contributed by atoms with Gasteiger partial charge in [0.15, 0.2) is 0 Å². The summed E-state index contributed by atoms with van der Waals surface area (Å²) in [4.78, 5) is 30.4. The monoisotopic (exact) mass is 403 g/mol. The van der Waals surface area contributed by atoms with Crippen LogP contribution < -0.4 is 11.3 Å². The van der Waals surface area contributed by atoms with Crippen LogP contribution in [0.25, 0.3) is 32.7 Å². The van der Waals surface area contributed by atoms with Crippen molar-refractivity contribution in [2.24, 2.45) is 5.73 Å². The molecule has 29 heavy (non-hydrogen) atoms. The number of aromatic nitrogens is 2. The molecule has 0 spiro atoms. The Morgan fingerprint density at radius 2 is 1.79 bits per heavy atom. The minimum absolute atomic E-state index is 0.0809. The van der Waals surface area contributed by atoms with Crippen LogP contribution in [0.2, 0.25) is 0 Å². The summed E-state index contributed by atoms with van der Waals surface area (Å²) in [5, 5.41) is 2.57. The number of rotatable bonds is 6. The fourth-order valence-electron chi connectivity index (χ4n) is 3.39. The first-order chi connectivity index (χ1) is 14.1. The number of amides is 1. The maximum Gasteiger partial charge on any atom is 0.263 e. The topological polar surface area (TPSA) is 78.0 Å². The summed E-state index contributed by atoms with van der Waals surface area (Å²) in [5.41, 5.74) is 9.14. The largest absolute Gasteiger partial charge is 0.370 e. The number of aryl methyl sites for hydroxylation is 1. The van der Waals surface area contributed by atoms with E-state index in [9.17, 15) is 9.59 Å². The molecule has 0 aliphatic rings. The molecule has 5 nitrogen and oxygen atoms in total. The molecule has 0 unspecified atom stereocenters. The standard InChI is InChI=1S/C23H21N3O2S/c1-2-15-8-10-16(11-9-15)18-14-29-22-20(18)23(28)26(13-12-19(24)27)21(25-22)17-6-4-3-5-7-17/h3-11,14H,2,12-13H2,1H3,(H2,24,27). The van der Waals surface area contributed by atoms with Crippen LogP contribution in [0.15, 0.2) is 64.8 Å². The highest BCUT2D eigenvalue weighted by molar-refractivity contribution is 7.17. The molecule has 6 heteroatoms. The third-order valence-corrected chi connectivity index (χ3v) is 5.85. The molecule has 0 saturated heterocycles. The van der Waals surface area contributed by atoms with Crippen molar-refractivity contribution in [2.75, 3.05) is 0 Å². The minimum Gasteiger partial charge on any atom is -0.370 e. The Labute approximate surface area is 172 Å². The predicted octanol–water partition coefficient (Wildman–Crippen LogP) is 4.23. The zero-order valence-corrected chi connectivity index (χ0v) is 16.9. The van der Waals surface area contributed by atoms with Crippen LogP contribution in [0.1, 0.15) is 18.9 Å². The second kappa shape index (κ2) is 8.01. The number of carbonyl (C=O) groups excluding carboxylic acids is 1. The number of fused-ring (bicyclic) bond motifs is 1. The van der Waals surface area contributed by atoms with Crippen LogP contribution in [0.5, 0.6) is 0 Å². The molecule has 0 atom stereocenters. The zero-order valence-electron chi connectivity index (χ0n) is 16.1. The summed E-state index contributed by atoms with van der Waals surface area (Å²) in [6.45, 7) is 2.31. The van der Waals surface area contributed by atoms with Gasteiger partial charge in [-0.25, -0.2) is 4.98 Å². The predicted molar refractivity (Wildman–Crippen MR) is 118 cm³/mol. The molecule has 1 amide bonds. The number of benzene rings is 2. The molecule has 4 aromatic rings. The molecular formula is C23H21N3O2S. The number of nitrogens with two attached hydrogens (primary N) is 1. The number of nitrogens with zero attached hydrogens (tertiary/aromatic N) is 2. The van der Waals surface area contributed by atoms with Crippen LogP contribution >= 0.6 is 11.3 Å². The molecule has 0 saturated carbocycles. The van der Waals surface area contributed by atoms with Crippen LogP contribution in [0, 0.1) is 0 Å². The third-order valence-electron chi connectivity index (χ3n) is 4.98. The molecule has 2 aromatic carbocycles. The van der Waals surface area contributed by atoms with Crippen molar-refractivity contribution < 1.29 is 4.79 Å². The highest BCUT2D eigenvalue weighted by Gasteiger charge is 2.18. The van der Waals surface area contributed by atoms with Gasteiger partial charge in [0.25, 0.3) is 5.56 Å². The molecule has 2 aromatic heterocycles. The zero-order chi connectivity index (χ0) is 20.4. The lowest BCUT2D eigenvalue weighted by atomic mass is 10.0. The average Bonchev–Trinajstić information content (AvgIpc) is 3.18. The van der Waals surface area contributed by atoms with Gasteiger partial charge in [-0.3, -0.25) is 14.2 Å². The van der Waals surface area contributed by atoms with Gasteiger partial charge in [-0.1, -0.05) is 61.5 Å². The summed E-state index contributed by atoms with van der Waals surface area (Å²) >= 11 is 1.46. The Balaban J connectivity index is 1.93. The summed E-state index contributed by atoms with van der Waals surface area (Å²) in [6.07, 6.45) is 1.05. The smallest absolute Gasteiger partial charge is 0.263 e. The third kappa shape index (κ3) is 3.71. The van der Waals surface area contributed by atoms with E-state index in [1.165, 1.54) is 16.9 Å². The highest BCUT2D eigenvalue weighted by atomic mass is 32.1. The van der Waals surface area contributed by atoms with Gasteiger partial charge in [0.05, 0.1) is 5.39 Å². The van der Waals surface area contributed by atoms with Crippen LogP contribution in [0.3, 0.4) is 0 Å². The van der Waals surface area contributed by atoms with Crippen molar-refractivity contribution in [2.45, 2.75) is 26.3 Å². The van der Waals surface area contributed by atoms with E-state index >= 15 is 0 Å². The molecule has 0 bridgehead atoms. The quantitative estimate of drug-likeness (QED) is 0.523. The summed E-state index contributed by atoms with van der Waals surface area (Å²) < 4.78 is 1.57. The lowest BCUT2D eigenvalue weighted by Gasteiger charge is -2.12. The van der Waals surface area contributed by atoms with Gasteiger partial charge >= 0.3 is 0 Å². The summed E-state index contributed by atoms with van der Waals surface area (Å²) in [6, 6.07) is 17.8. The van der Waals surface area contributed by atoms with Gasteiger partial charge in [-0.15, -0.1) is 11.3 Å². The molecule has 0 aliphatic heterocycles. The van der Waals surface area contributed by atoms with Crippen molar-refractivity contribution >= 4 is 27.5 Å². The first kappa shape index (κ1) is 19.1. The average molecular weight is 404 g/mol. The molecule has 2 N–H and O–H groups in total. The van der Waals surface area contributed by atoms with Crippen molar-refractivity contribution in [1.29, 1.82) is 0 Å². The highest BCUT2D eigenvalue weighted by Crippen LogP contribution is 2.32. The van der Waals surface area contributed by atoms with Crippen molar-refractivity contribution in [3.8, 4) is 22.5 Å². The molecule has 4 rings (SSSR count). The van der Waals surface area contributed by atoms with Gasteiger partial charge in [0, 0.05) is 29.5 Å². The fraction of sp³-hybridized carbons (Fsp3) is 0.174. The molecule has 146 valence electrons. The maximum absolute atomic E-state index is 13.5. The number of thiophene rings is 1. The van der Waals surface area contributed by atoms with E-state index in [4.69, 9.17) is 10.7 Å². The van der Waals surface area contributed by atoms with Crippen LogP contribution in [-0.4, -0.2) is 15.5 Å². The Kier molecular flexibility index (Phi) is 5.27. The number of carbonyl (C=O) groups is 1. The summed E-state index contributed by atoms with van der Waals surface area (Å²) in [5.74, 6) is 0.107. The van der Waals surface area contributed by atoms with Gasteiger partial charge in [0.1, 0.15) is 10.7 Å². The van der Waals surface area contributed by atoms with Crippen LogP contribution in [0.4, 0.5) is 0 Å². The lowest BCUT2D eigenvalue weighted by molar-refractivity contribution is -0.118. The lowest BCUT2D eigenvalue weighted by Crippen LogP contribution is -2.26. The Morgan fingerprint density at radius 1 is 1.07 bits per heavy atom. The first-order valence-electron chi connectivity index (χ1n) is 9.53. The van der Waals surface area contributed by atoms with E-state index in [2.05, 4.69) is 19.1 Å². The Bertz CT molecular complexity index is 1220. The minimum atomic E-state index is -0.447. The van der Waals surface area contributed by atoms with E-state index in [0.29, 0.717) is 16.0 Å². The van der Waals surface area contributed by atoms with Crippen molar-refractivity contribution in [3.63, 3.8) is 0 Å². The normalized spacial score (nSPS) is 11.1. The summed E-state index contributed by atoms with van der Waals surface area (Å²) in [7, 11) is 0. The van der Waals surface area contributed by atoms with E-state index in [1.807, 2.05) is 47.8 Å². The van der Waals surface area contributed by atoms with Gasteiger partial charge in [-0.2, -0.15) is 0 Å². The Morgan fingerprint density at radius 3 is 2.45 bits per heavy atom. The Hall–Kier alpha value is -3.25. The number of hydrogen-bond acceptors (Lipinski definition) is 4. The maximum atomic E-state index is 13.5. The molecule has 0 radical (unpaired) electrons. The van der Waals surface area contributed by atoms with Gasteiger partial charge in [-0.05, 0) is 17.5 Å². The molecule has 0 fully saturated rings. The van der Waals surface area contributed by atoms with Gasteiger partial charge < -0.3 is 5.73 Å². The fourth-order valence-corrected chi connectivity index (χ4v) is 4.33. The SMILES string of the molecule is CCc1ccc(-c2csc3nc(-c4ccccc4)n(CCC(N)=O)c(=O)c23)cc1. The molecule has 0 aliphatic carbocycles.